The molecule has 0 amide bonds. The van der Waals surface area contributed by atoms with Crippen LogP contribution in [0.2, 0.25) is 0 Å². The first-order valence-electron chi connectivity index (χ1n) is 5.88. The van der Waals surface area contributed by atoms with Crippen molar-refractivity contribution in [2.75, 3.05) is 19.8 Å². The van der Waals surface area contributed by atoms with Crippen LogP contribution in [-0.4, -0.2) is 30.5 Å². The largest absolute Gasteiger partial charge is 0.386 e. The fraction of sp³-hybridized carbons (Fsp3) is 0.538. The number of nitrogens with one attached hydrogen (secondary N) is 1. The van der Waals surface area contributed by atoms with Gasteiger partial charge in [-0.1, -0.05) is 12.1 Å². The van der Waals surface area contributed by atoms with Crippen LogP contribution < -0.4 is 5.32 Å². The molecule has 2 atom stereocenters. The average Bonchev–Trinajstić information content (AvgIpc) is 2.74. The topological polar surface area (TPSA) is 41.5 Å². The monoisotopic (exact) mass is 239 g/mol. The Labute approximate surface area is 101 Å². The number of aliphatic hydroxyl groups is 1. The highest BCUT2D eigenvalue weighted by Crippen LogP contribution is 2.19. The van der Waals surface area contributed by atoms with Gasteiger partial charge in [0.05, 0.1) is 6.61 Å². The Balaban J connectivity index is 1.91. The molecule has 1 fully saturated rings. The van der Waals surface area contributed by atoms with E-state index in [1.807, 2.05) is 13.0 Å². The summed E-state index contributed by atoms with van der Waals surface area (Å²) in [5.41, 5.74) is 0.106. The van der Waals surface area contributed by atoms with E-state index in [2.05, 4.69) is 5.32 Å². The summed E-state index contributed by atoms with van der Waals surface area (Å²) in [6, 6.07) is 6.50. The van der Waals surface area contributed by atoms with Gasteiger partial charge < -0.3 is 15.2 Å². The predicted molar refractivity (Wildman–Crippen MR) is 63.2 cm³/mol. The summed E-state index contributed by atoms with van der Waals surface area (Å²) >= 11 is 0. The standard InChI is InChI=1S/C13H18FNO2/c1-10(11-3-2-4-12(14)7-11)15-8-13(16)5-6-17-9-13/h2-4,7,10,15-16H,5-6,8-9H2,1H3/t10-,13-/m1/s1. The molecule has 0 bridgehead atoms. The summed E-state index contributed by atoms with van der Waals surface area (Å²) in [6.07, 6.45) is 0.649. The van der Waals surface area contributed by atoms with Crippen LogP contribution in [0, 0.1) is 5.82 Å². The Bertz CT molecular complexity index is 377. The quantitative estimate of drug-likeness (QED) is 0.839. The molecule has 0 spiro atoms. The van der Waals surface area contributed by atoms with E-state index < -0.39 is 5.60 Å². The van der Waals surface area contributed by atoms with E-state index in [1.165, 1.54) is 12.1 Å². The summed E-state index contributed by atoms with van der Waals surface area (Å²) < 4.78 is 18.2. The lowest BCUT2D eigenvalue weighted by Crippen LogP contribution is -2.41. The summed E-state index contributed by atoms with van der Waals surface area (Å²) in [6.45, 7) is 3.39. The zero-order valence-electron chi connectivity index (χ0n) is 9.95. The molecule has 2 N–H and O–H groups in total. The average molecular weight is 239 g/mol. The molecule has 94 valence electrons. The number of ether oxygens (including phenoxy) is 1. The second-order valence-corrected chi connectivity index (χ2v) is 4.68. The maximum atomic E-state index is 13.0. The van der Waals surface area contributed by atoms with Crippen LogP contribution in [0.4, 0.5) is 4.39 Å². The van der Waals surface area contributed by atoms with Gasteiger partial charge in [-0.2, -0.15) is 0 Å². The van der Waals surface area contributed by atoms with Crippen LogP contribution in [0.15, 0.2) is 24.3 Å². The molecule has 3 nitrogen and oxygen atoms in total. The third-order valence-electron chi connectivity index (χ3n) is 3.17. The van der Waals surface area contributed by atoms with Gasteiger partial charge in [0.15, 0.2) is 0 Å². The summed E-state index contributed by atoms with van der Waals surface area (Å²) in [5.74, 6) is -0.237. The van der Waals surface area contributed by atoms with Crippen molar-refractivity contribution in [1.82, 2.24) is 5.32 Å². The van der Waals surface area contributed by atoms with Crippen LogP contribution in [0.1, 0.15) is 24.9 Å². The van der Waals surface area contributed by atoms with Gasteiger partial charge in [-0.05, 0) is 24.6 Å². The van der Waals surface area contributed by atoms with Gasteiger partial charge in [0, 0.05) is 25.6 Å². The minimum atomic E-state index is -0.776. The van der Waals surface area contributed by atoms with Crippen molar-refractivity contribution < 1.29 is 14.2 Å². The van der Waals surface area contributed by atoms with Gasteiger partial charge in [-0.15, -0.1) is 0 Å². The molecule has 1 aliphatic rings. The molecule has 1 aromatic carbocycles. The molecule has 1 aromatic rings. The van der Waals surface area contributed by atoms with E-state index in [9.17, 15) is 9.50 Å². The van der Waals surface area contributed by atoms with Crippen LogP contribution in [0.3, 0.4) is 0 Å². The minimum Gasteiger partial charge on any atom is -0.386 e. The second kappa shape index (κ2) is 5.12. The third-order valence-corrected chi connectivity index (χ3v) is 3.17. The zero-order chi connectivity index (χ0) is 12.3. The molecule has 0 aromatic heterocycles. The molecule has 0 saturated carbocycles. The lowest BCUT2D eigenvalue weighted by Gasteiger charge is -2.24. The molecule has 4 heteroatoms. The van der Waals surface area contributed by atoms with Crippen molar-refractivity contribution in [1.29, 1.82) is 0 Å². The molecule has 0 aliphatic carbocycles. The van der Waals surface area contributed by atoms with Crippen molar-refractivity contribution in [2.24, 2.45) is 0 Å². The number of rotatable bonds is 4. The van der Waals surface area contributed by atoms with Gasteiger partial charge in [-0.3, -0.25) is 0 Å². The van der Waals surface area contributed by atoms with Gasteiger partial charge >= 0.3 is 0 Å². The zero-order valence-corrected chi connectivity index (χ0v) is 9.95. The molecule has 2 rings (SSSR count). The van der Waals surface area contributed by atoms with Crippen LogP contribution in [0.25, 0.3) is 0 Å². The molecular formula is C13H18FNO2. The first-order chi connectivity index (χ1) is 8.09. The molecule has 1 aliphatic heterocycles. The molecular weight excluding hydrogens is 221 g/mol. The number of benzene rings is 1. The maximum absolute atomic E-state index is 13.0. The fourth-order valence-corrected chi connectivity index (χ4v) is 1.97. The Morgan fingerprint density at radius 3 is 3.06 bits per heavy atom. The first kappa shape index (κ1) is 12.5. The van der Waals surface area contributed by atoms with Crippen molar-refractivity contribution in [2.45, 2.75) is 25.0 Å². The van der Waals surface area contributed by atoms with Gasteiger partial charge in [-0.25, -0.2) is 4.39 Å². The Kier molecular flexibility index (Phi) is 3.76. The second-order valence-electron chi connectivity index (χ2n) is 4.68. The number of hydrogen-bond donors (Lipinski definition) is 2. The van der Waals surface area contributed by atoms with E-state index in [0.717, 1.165) is 5.56 Å². The third kappa shape index (κ3) is 3.25. The van der Waals surface area contributed by atoms with Crippen LogP contribution in [-0.2, 0) is 4.74 Å². The van der Waals surface area contributed by atoms with Crippen LogP contribution >= 0.6 is 0 Å². The van der Waals surface area contributed by atoms with Gasteiger partial charge in [0.25, 0.3) is 0 Å². The molecule has 1 saturated heterocycles. The minimum absolute atomic E-state index is 0.00956. The number of halogens is 1. The van der Waals surface area contributed by atoms with Crippen LogP contribution in [0.5, 0.6) is 0 Å². The van der Waals surface area contributed by atoms with E-state index in [-0.39, 0.29) is 11.9 Å². The number of hydrogen-bond acceptors (Lipinski definition) is 3. The van der Waals surface area contributed by atoms with Crippen molar-refractivity contribution in [3.8, 4) is 0 Å². The highest BCUT2D eigenvalue weighted by molar-refractivity contribution is 5.19. The fourth-order valence-electron chi connectivity index (χ4n) is 1.97. The van der Waals surface area contributed by atoms with E-state index >= 15 is 0 Å². The predicted octanol–water partition coefficient (Wildman–Crippen LogP) is 1.63. The van der Waals surface area contributed by atoms with E-state index in [1.54, 1.807) is 6.07 Å². The van der Waals surface area contributed by atoms with Gasteiger partial charge in [0.2, 0.25) is 0 Å². The Morgan fingerprint density at radius 1 is 1.59 bits per heavy atom. The maximum Gasteiger partial charge on any atom is 0.123 e. The molecule has 0 unspecified atom stereocenters. The first-order valence-corrected chi connectivity index (χ1v) is 5.88. The highest BCUT2D eigenvalue weighted by Gasteiger charge is 2.32. The molecule has 0 radical (unpaired) electrons. The Morgan fingerprint density at radius 2 is 2.41 bits per heavy atom. The normalized spacial score (nSPS) is 26.1. The van der Waals surface area contributed by atoms with Crippen molar-refractivity contribution in [3.05, 3.63) is 35.6 Å². The van der Waals surface area contributed by atoms with E-state index in [4.69, 9.17) is 4.74 Å². The summed E-state index contributed by atoms with van der Waals surface area (Å²) in [7, 11) is 0. The summed E-state index contributed by atoms with van der Waals surface area (Å²) in [4.78, 5) is 0. The van der Waals surface area contributed by atoms with Crippen molar-refractivity contribution in [3.63, 3.8) is 0 Å². The molecule has 17 heavy (non-hydrogen) atoms. The Hall–Kier alpha value is -0.970. The molecule has 1 heterocycles. The highest BCUT2D eigenvalue weighted by atomic mass is 19.1. The van der Waals surface area contributed by atoms with Gasteiger partial charge in [0.1, 0.15) is 11.4 Å². The SMILES string of the molecule is C[C@@H](NC[C@]1(O)CCOC1)c1cccc(F)c1. The lowest BCUT2D eigenvalue weighted by molar-refractivity contribution is 0.0252. The van der Waals surface area contributed by atoms with Crippen molar-refractivity contribution >= 4 is 0 Å². The lowest BCUT2D eigenvalue weighted by atomic mass is 10.0. The summed E-state index contributed by atoms with van der Waals surface area (Å²) in [5, 5.41) is 13.3. The smallest absolute Gasteiger partial charge is 0.123 e. The van der Waals surface area contributed by atoms with E-state index in [0.29, 0.717) is 26.2 Å².